The molecule has 241 valence electrons. The third kappa shape index (κ3) is 6.41. The molecule has 0 saturated heterocycles. The Morgan fingerprint density at radius 3 is 2.06 bits per heavy atom. The summed E-state index contributed by atoms with van der Waals surface area (Å²) in [7, 11) is -1.27. The second-order valence-electron chi connectivity index (χ2n) is 13.3. The summed E-state index contributed by atoms with van der Waals surface area (Å²) in [6, 6.07) is 42.4. The summed E-state index contributed by atoms with van der Waals surface area (Å²) in [5.41, 5.74) is 6.29. The molecule has 0 saturated carbocycles. The van der Waals surface area contributed by atoms with E-state index in [1.165, 1.54) is 52.5 Å². The minimum atomic E-state index is -1.27. The van der Waals surface area contributed by atoms with Crippen molar-refractivity contribution in [1.82, 2.24) is 9.97 Å². The Hall–Kier alpha value is -3.99. The quantitative estimate of drug-likeness (QED) is 0.100. The van der Waals surface area contributed by atoms with E-state index in [1.807, 2.05) is 67.8 Å². The first-order valence-electron chi connectivity index (χ1n) is 16.6. The van der Waals surface area contributed by atoms with Gasteiger partial charge in [-0.1, -0.05) is 111 Å². The number of pyridine rings is 2. The van der Waals surface area contributed by atoms with Gasteiger partial charge in [-0.2, -0.15) is 11.3 Å². The van der Waals surface area contributed by atoms with E-state index < -0.39 is 14.0 Å². The van der Waals surface area contributed by atoms with Crippen LogP contribution in [0.3, 0.4) is 0 Å². The molecule has 2 nitrogen and oxygen atoms in total. The van der Waals surface area contributed by atoms with Crippen molar-refractivity contribution in [2.75, 3.05) is 0 Å². The summed E-state index contributed by atoms with van der Waals surface area (Å²) < 4.78 is 10.9. The second kappa shape index (κ2) is 13.9. The third-order valence-corrected chi connectivity index (χ3v) is 12.2. The first-order chi connectivity index (χ1) is 23.0. The smallest absolute Gasteiger partial charge is 0.0798 e. The Labute approximate surface area is 303 Å². The zero-order valence-electron chi connectivity index (χ0n) is 29.1. The summed E-state index contributed by atoms with van der Waals surface area (Å²) in [5, 5.41) is 9.15. The molecule has 0 spiro atoms. The van der Waals surface area contributed by atoms with Gasteiger partial charge in [-0.25, -0.2) is 0 Å². The maximum Gasteiger partial charge on any atom is 0.0798 e. The Bertz CT molecular complexity index is 2440. The van der Waals surface area contributed by atoms with E-state index in [0.29, 0.717) is 0 Å². The van der Waals surface area contributed by atoms with Crippen LogP contribution in [0.25, 0.3) is 64.2 Å². The van der Waals surface area contributed by atoms with Crippen LogP contribution in [0.2, 0.25) is 19.6 Å². The molecular formula is C43H38IrN2SSi-2. The molecule has 1 radical (unpaired) electrons. The molecule has 5 aromatic carbocycles. The fourth-order valence-electron chi connectivity index (χ4n) is 6.48. The predicted octanol–water partition coefficient (Wildman–Crippen LogP) is 11.7. The zero-order chi connectivity index (χ0) is 33.6. The van der Waals surface area contributed by atoms with Crippen molar-refractivity contribution in [2.24, 2.45) is 0 Å². The molecule has 3 aromatic heterocycles. The minimum absolute atomic E-state index is 0. The molecule has 0 bridgehead atoms. The maximum absolute atomic E-state index is 8.43. The molecule has 8 aromatic rings. The molecule has 0 unspecified atom stereocenters. The van der Waals surface area contributed by atoms with Crippen LogP contribution in [0, 0.1) is 19.1 Å². The van der Waals surface area contributed by atoms with Crippen LogP contribution in [0.15, 0.2) is 116 Å². The number of nitrogens with zero attached hydrogens (tertiary/aromatic N) is 2. The van der Waals surface area contributed by atoms with Gasteiger partial charge in [0.25, 0.3) is 0 Å². The van der Waals surface area contributed by atoms with Crippen LogP contribution in [0.5, 0.6) is 0 Å². The Morgan fingerprint density at radius 2 is 1.40 bits per heavy atom. The Balaban J connectivity index is 0.000000198. The number of aryl methyl sites for hydroxylation is 1. The summed E-state index contributed by atoms with van der Waals surface area (Å²) in [5.74, 6) is -0.668. The van der Waals surface area contributed by atoms with E-state index in [-0.39, 0.29) is 20.1 Å². The number of fused-ring (bicyclic) bond motifs is 8. The van der Waals surface area contributed by atoms with Crippen molar-refractivity contribution in [3.8, 4) is 22.5 Å². The third-order valence-electron chi connectivity index (χ3n) is 8.81. The van der Waals surface area contributed by atoms with Crippen molar-refractivity contribution in [3.05, 3.63) is 139 Å². The van der Waals surface area contributed by atoms with Gasteiger partial charge in [0.05, 0.1) is 8.07 Å². The van der Waals surface area contributed by atoms with Crippen LogP contribution >= 0.6 is 11.3 Å². The average molecular weight is 836 g/mol. The summed E-state index contributed by atoms with van der Waals surface area (Å²) in [6.07, 6.45) is 3.86. The number of thiophene rings is 1. The molecule has 5 heteroatoms. The van der Waals surface area contributed by atoms with Crippen molar-refractivity contribution in [3.63, 3.8) is 0 Å². The fourth-order valence-corrected chi connectivity index (χ4v) is 9.55. The molecule has 48 heavy (non-hydrogen) atoms. The van der Waals surface area contributed by atoms with E-state index in [9.17, 15) is 0 Å². The molecule has 0 atom stereocenters. The number of hydrogen-bond acceptors (Lipinski definition) is 3. The van der Waals surface area contributed by atoms with Crippen molar-refractivity contribution in [1.29, 1.82) is 0 Å². The van der Waals surface area contributed by atoms with Crippen molar-refractivity contribution < 1.29 is 21.5 Å². The van der Waals surface area contributed by atoms with Crippen molar-refractivity contribution >= 4 is 66.3 Å². The molecule has 0 aliphatic heterocycles. The second-order valence-corrected chi connectivity index (χ2v) is 19.4. The van der Waals surface area contributed by atoms with Gasteiger partial charge < -0.3 is 9.97 Å². The topological polar surface area (TPSA) is 25.8 Å². The van der Waals surface area contributed by atoms with Gasteiger partial charge in [-0.05, 0) is 67.1 Å². The fraction of sp³-hybridized carbons (Fsp3) is 0.163. The monoisotopic (exact) mass is 836 g/mol. The standard InChI is InChI=1S/C28H20NS.C15H18NSi.Ir/c1-17(2)18-14-15-29-25(16-18)23-12-7-13-24-26-21-10-5-3-8-19(21)20-9-4-6-11-22(20)28(26)30-27(23)24;1-12-10-14(13-8-6-5-7-9-13)16-11-15(12)17(2,3)4;/h3-11,13-17H,1-2H3;5-8,10-11H,1-4H3;/q2*-1;/i17D;;. The van der Waals surface area contributed by atoms with E-state index >= 15 is 0 Å². The Kier molecular flexibility index (Phi) is 9.40. The number of benzene rings is 5. The molecule has 0 amide bonds. The number of rotatable bonds is 4. The first kappa shape index (κ1) is 32.5. The van der Waals surface area contributed by atoms with Crippen LogP contribution in [-0.4, -0.2) is 18.0 Å². The summed E-state index contributed by atoms with van der Waals surface area (Å²) in [4.78, 5) is 9.24. The molecule has 0 fully saturated rings. The van der Waals surface area contributed by atoms with Gasteiger partial charge in [0.2, 0.25) is 0 Å². The van der Waals surface area contributed by atoms with Crippen LogP contribution in [0.1, 0.15) is 32.2 Å². The van der Waals surface area contributed by atoms with E-state index in [2.05, 4.69) is 122 Å². The van der Waals surface area contributed by atoms with E-state index in [4.69, 9.17) is 1.37 Å². The molecule has 8 rings (SSSR count). The molecule has 0 aliphatic rings. The average Bonchev–Trinajstić information content (AvgIpc) is 3.49. The Morgan fingerprint density at radius 1 is 0.708 bits per heavy atom. The minimum Gasteiger partial charge on any atom is -0.305 e. The first-order valence-corrected chi connectivity index (χ1v) is 20.4. The van der Waals surface area contributed by atoms with Crippen LogP contribution < -0.4 is 5.19 Å². The van der Waals surface area contributed by atoms with Crippen molar-refractivity contribution in [2.45, 2.75) is 46.3 Å². The molecule has 0 N–H and O–H groups in total. The molecular weight excluding hydrogens is 797 g/mol. The largest absolute Gasteiger partial charge is 0.305 e. The molecule has 0 aliphatic carbocycles. The summed E-state index contributed by atoms with van der Waals surface area (Å²) in [6.45, 7) is 13.1. The van der Waals surface area contributed by atoms with Gasteiger partial charge in [0.1, 0.15) is 0 Å². The number of hydrogen-bond donors (Lipinski definition) is 0. The van der Waals surface area contributed by atoms with Gasteiger partial charge in [-0.15, -0.1) is 59.7 Å². The normalized spacial score (nSPS) is 12.1. The predicted molar refractivity (Wildman–Crippen MR) is 207 cm³/mol. The van der Waals surface area contributed by atoms with Gasteiger partial charge >= 0.3 is 0 Å². The van der Waals surface area contributed by atoms with Crippen LogP contribution in [-0.2, 0) is 20.1 Å². The van der Waals surface area contributed by atoms with Crippen LogP contribution in [0.4, 0.5) is 0 Å². The van der Waals surface area contributed by atoms with Gasteiger partial charge in [-0.3, -0.25) is 0 Å². The number of aromatic nitrogens is 2. The SMILES string of the molecule is Cc1cc(-c2[c-]cccc2)ncc1[Si](C)(C)C.[2H]C(C)(C)c1ccnc(-c2[c-]ccc3c2sc2c4ccccc4c4ccccc4c32)c1.[Ir]. The summed E-state index contributed by atoms with van der Waals surface area (Å²) >= 11 is 1.82. The maximum atomic E-state index is 8.43. The zero-order valence-corrected chi connectivity index (χ0v) is 32.3. The van der Waals surface area contributed by atoms with Gasteiger partial charge in [0.15, 0.2) is 0 Å². The molecule has 3 heterocycles. The van der Waals surface area contributed by atoms with E-state index in [1.54, 1.807) is 0 Å². The van der Waals surface area contributed by atoms with Gasteiger partial charge in [0, 0.05) is 38.6 Å². The van der Waals surface area contributed by atoms with E-state index in [0.717, 1.165) is 28.1 Å².